The first-order chi connectivity index (χ1) is 8.83. The fourth-order valence-electron chi connectivity index (χ4n) is 1.96. The van der Waals surface area contributed by atoms with Gasteiger partial charge < -0.3 is 14.8 Å². The van der Waals surface area contributed by atoms with E-state index in [4.69, 9.17) is 9.47 Å². The van der Waals surface area contributed by atoms with Gasteiger partial charge in [0.1, 0.15) is 13.2 Å². The van der Waals surface area contributed by atoms with Gasteiger partial charge in [0.15, 0.2) is 11.5 Å². The minimum atomic E-state index is 0.597. The minimum absolute atomic E-state index is 0.597. The fraction of sp³-hybridized carbons (Fsp3) is 0.200. The van der Waals surface area contributed by atoms with E-state index in [1.54, 1.807) is 0 Å². The van der Waals surface area contributed by atoms with Crippen LogP contribution in [0.5, 0.6) is 11.5 Å². The van der Waals surface area contributed by atoms with Gasteiger partial charge in [-0.05, 0) is 31.2 Å². The van der Waals surface area contributed by atoms with Crippen LogP contribution >= 0.6 is 0 Å². The third-order valence-corrected chi connectivity index (χ3v) is 2.90. The first-order valence-electron chi connectivity index (χ1n) is 6.05. The molecule has 0 saturated carbocycles. The van der Waals surface area contributed by atoms with Crippen LogP contribution < -0.4 is 14.8 Å². The van der Waals surface area contributed by atoms with Crippen LogP contribution in [0.4, 0.5) is 11.4 Å². The normalized spacial score (nSPS) is 13.2. The van der Waals surface area contributed by atoms with Gasteiger partial charge in [0.2, 0.25) is 0 Å². The summed E-state index contributed by atoms with van der Waals surface area (Å²) < 4.78 is 11.2. The highest BCUT2D eigenvalue weighted by Gasteiger charge is 2.15. The number of aryl methyl sites for hydroxylation is 1. The molecule has 18 heavy (non-hydrogen) atoms. The molecule has 0 atom stereocenters. The van der Waals surface area contributed by atoms with Crippen molar-refractivity contribution in [2.75, 3.05) is 18.5 Å². The van der Waals surface area contributed by atoms with Crippen LogP contribution in [-0.2, 0) is 0 Å². The molecule has 1 aliphatic heterocycles. The maximum Gasteiger partial charge on any atom is 0.184 e. The lowest BCUT2D eigenvalue weighted by atomic mass is 10.2. The van der Waals surface area contributed by atoms with Gasteiger partial charge in [-0.25, -0.2) is 0 Å². The molecule has 3 nitrogen and oxygen atoms in total. The Morgan fingerprint density at radius 2 is 1.72 bits per heavy atom. The molecule has 1 aliphatic rings. The summed E-state index contributed by atoms with van der Waals surface area (Å²) in [6.45, 7) is 3.28. The predicted octanol–water partition coefficient (Wildman–Crippen LogP) is 3.51. The zero-order chi connectivity index (χ0) is 12.4. The molecule has 1 heterocycles. The highest BCUT2D eigenvalue weighted by atomic mass is 16.6. The molecule has 0 radical (unpaired) electrons. The molecule has 0 aliphatic carbocycles. The number of ether oxygens (including phenoxy) is 2. The van der Waals surface area contributed by atoms with E-state index >= 15 is 0 Å². The molecular weight excluding hydrogens is 226 g/mol. The molecule has 2 aromatic rings. The first-order valence-corrected chi connectivity index (χ1v) is 6.05. The number of hydrogen-bond donors (Lipinski definition) is 1. The number of hydrogen-bond acceptors (Lipinski definition) is 3. The molecule has 0 unspecified atom stereocenters. The van der Waals surface area contributed by atoms with Gasteiger partial charge in [-0.3, -0.25) is 0 Å². The fourth-order valence-corrected chi connectivity index (χ4v) is 1.96. The van der Waals surface area contributed by atoms with Gasteiger partial charge in [0, 0.05) is 5.69 Å². The zero-order valence-corrected chi connectivity index (χ0v) is 10.3. The molecule has 0 spiro atoms. The van der Waals surface area contributed by atoms with E-state index < -0.39 is 0 Å². The Labute approximate surface area is 106 Å². The van der Waals surface area contributed by atoms with Crippen LogP contribution in [0, 0.1) is 6.92 Å². The third kappa shape index (κ3) is 2.12. The van der Waals surface area contributed by atoms with Gasteiger partial charge >= 0.3 is 0 Å². The Balaban J connectivity index is 1.90. The molecule has 3 heteroatoms. The van der Waals surface area contributed by atoms with E-state index in [2.05, 4.69) is 36.5 Å². The second kappa shape index (κ2) is 4.61. The molecule has 0 amide bonds. The van der Waals surface area contributed by atoms with Crippen LogP contribution in [0.25, 0.3) is 0 Å². The molecule has 2 aromatic carbocycles. The molecule has 0 aromatic heterocycles. The molecule has 0 bridgehead atoms. The van der Waals surface area contributed by atoms with Gasteiger partial charge in [-0.1, -0.05) is 23.8 Å². The number of nitrogens with one attached hydrogen (secondary N) is 1. The molecule has 1 N–H and O–H groups in total. The number of rotatable bonds is 2. The largest absolute Gasteiger partial charge is 0.486 e. The second-order valence-corrected chi connectivity index (χ2v) is 4.32. The maximum absolute atomic E-state index is 5.66. The maximum atomic E-state index is 5.66. The number of anilines is 2. The average Bonchev–Trinajstić information content (AvgIpc) is 2.42. The standard InChI is InChI=1S/C15H15NO2/c1-11-5-7-12(8-6-11)16-13-3-2-4-14-15(13)18-10-9-17-14/h2-8,16H,9-10H2,1H3. The van der Waals surface area contributed by atoms with Crippen molar-refractivity contribution in [1.82, 2.24) is 0 Å². The van der Waals surface area contributed by atoms with E-state index in [0.29, 0.717) is 13.2 Å². The highest BCUT2D eigenvalue weighted by molar-refractivity contribution is 5.70. The summed E-state index contributed by atoms with van der Waals surface area (Å²) in [5.74, 6) is 1.60. The van der Waals surface area contributed by atoms with Crippen molar-refractivity contribution in [3.63, 3.8) is 0 Å². The summed E-state index contributed by atoms with van der Waals surface area (Å²) in [4.78, 5) is 0. The SMILES string of the molecule is Cc1ccc(Nc2cccc3c2OCCO3)cc1. The topological polar surface area (TPSA) is 30.5 Å². The van der Waals surface area contributed by atoms with Crippen LogP contribution in [0.1, 0.15) is 5.56 Å². The van der Waals surface area contributed by atoms with E-state index in [9.17, 15) is 0 Å². The molecule has 0 saturated heterocycles. The van der Waals surface area contributed by atoms with E-state index in [0.717, 1.165) is 22.9 Å². The van der Waals surface area contributed by atoms with Crippen LogP contribution in [-0.4, -0.2) is 13.2 Å². The zero-order valence-electron chi connectivity index (χ0n) is 10.3. The summed E-state index contributed by atoms with van der Waals surface area (Å²) >= 11 is 0. The summed E-state index contributed by atoms with van der Waals surface area (Å²) in [5, 5.41) is 3.35. The summed E-state index contributed by atoms with van der Waals surface area (Å²) in [5.41, 5.74) is 3.23. The molecule has 3 rings (SSSR count). The van der Waals surface area contributed by atoms with Gasteiger partial charge in [-0.15, -0.1) is 0 Å². The monoisotopic (exact) mass is 241 g/mol. The number of para-hydroxylation sites is 1. The van der Waals surface area contributed by atoms with Crippen LogP contribution in [0.3, 0.4) is 0 Å². The summed E-state index contributed by atoms with van der Waals surface area (Å²) in [6, 6.07) is 14.1. The second-order valence-electron chi connectivity index (χ2n) is 4.32. The van der Waals surface area contributed by atoms with E-state index in [1.807, 2.05) is 18.2 Å². The number of fused-ring (bicyclic) bond motifs is 1. The lowest BCUT2D eigenvalue weighted by Gasteiger charge is -2.21. The van der Waals surface area contributed by atoms with Crippen molar-refractivity contribution in [2.24, 2.45) is 0 Å². The van der Waals surface area contributed by atoms with Crippen LogP contribution in [0.2, 0.25) is 0 Å². The number of benzene rings is 2. The predicted molar refractivity (Wildman–Crippen MR) is 71.9 cm³/mol. The first kappa shape index (κ1) is 11.0. The van der Waals surface area contributed by atoms with E-state index in [-0.39, 0.29) is 0 Å². The Bertz CT molecular complexity index is 549. The van der Waals surface area contributed by atoms with Gasteiger partial charge in [0.05, 0.1) is 5.69 Å². The molecular formula is C15H15NO2. The quantitative estimate of drug-likeness (QED) is 0.872. The Morgan fingerprint density at radius 3 is 2.56 bits per heavy atom. The van der Waals surface area contributed by atoms with Crippen molar-refractivity contribution in [1.29, 1.82) is 0 Å². The van der Waals surface area contributed by atoms with Gasteiger partial charge in [0.25, 0.3) is 0 Å². The van der Waals surface area contributed by atoms with Crippen molar-refractivity contribution >= 4 is 11.4 Å². The van der Waals surface area contributed by atoms with E-state index in [1.165, 1.54) is 5.56 Å². The lowest BCUT2D eigenvalue weighted by molar-refractivity contribution is 0.172. The minimum Gasteiger partial charge on any atom is -0.486 e. The summed E-state index contributed by atoms with van der Waals surface area (Å²) in [6.07, 6.45) is 0. The highest BCUT2D eigenvalue weighted by Crippen LogP contribution is 2.38. The third-order valence-electron chi connectivity index (χ3n) is 2.90. The summed E-state index contributed by atoms with van der Waals surface area (Å²) in [7, 11) is 0. The molecule has 92 valence electrons. The van der Waals surface area contributed by atoms with Crippen molar-refractivity contribution in [3.8, 4) is 11.5 Å². The van der Waals surface area contributed by atoms with Crippen molar-refractivity contribution in [2.45, 2.75) is 6.92 Å². The average molecular weight is 241 g/mol. The smallest absolute Gasteiger partial charge is 0.184 e. The lowest BCUT2D eigenvalue weighted by Crippen LogP contribution is -2.16. The van der Waals surface area contributed by atoms with Gasteiger partial charge in [-0.2, -0.15) is 0 Å². The Hall–Kier alpha value is -2.16. The molecule has 0 fully saturated rings. The van der Waals surface area contributed by atoms with Crippen molar-refractivity contribution in [3.05, 3.63) is 48.0 Å². The van der Waals surface area contributed by atoms with Crippen molar-refractivity contribution < 1.29 is 9.47 Å². The Morgan fingerprint density at radius 1 is 0.944 bits per heavy atom. The Kier molecular flexibility index (Phi) is 2.81. The van der Waals surface area contributed by atoms with Crippen LogP contribution in [0.15, 0.2) is 42.5 Å².